The summed E-state index contributed by atoms with van der Waals surface area (Å²) in [6.07, 6.45) is 1.13. The van der Waals surface area contributed by atoms with Crippen LogP contribution in [0.4, 0.5) is 0 Å². The predicted octanol–water partition coefficient (Wildman–Crippen LogP) is 1.14. The Morgan fingerprint density at radius 2 is 2.25 bits per heavy atom. The Balaban J connectivity index is 1.76. The average Bonchev–Trinajstić information content (AvgIpc) is 2.99. The van der Waals surface area contributed by atoms with Gasteiger partial charge in [0.15, 0.2) is 11.5 Å². The van der Waals surface area contributed by atoms with E-state index in [2.05, 4.69) is 5.32 Å². The summed E-state index contributed by atoms with van der Waals surface area (Å²) in [5.74, 6) is 1.79. The largest absolute Gasteiger partial charge is 0.486 e. The molecule has 0 aliphatic carbocycles. The Morgan fingerprint density at radius 1 is 1.40 bits per heavy atom. The van der Waals surface area contributed by atoms with E-state index in [1.165, 1.54) is 0 Å². The smallest absolute Gasteiger partial charge is 0.257 e. The number of carbonyl (C=O) groups is 1. The van der Waals surface area contributed by atoms with Crippen molar-refractivity contribution in [2.24, 2.45) is 5.92 Å². The van der Waals surface area contributed by atoms with E-state index in [0.717, 1.165) is 26.1 Å². The Bertz CT molecular complexity index is 498. The maximum atomic E-state index is 12.6. The Kier molecular flexibility index (Phi) is 3.78. The van der Waals surface area contributed by atoms with Gasteiger partial charge in [-0.05, 0) is 37.6 Å². The minimum Gasteiger partial charge on any atom is -0.486 e. The van der Waals surface area contributed by atoms with Crippen molar-refractivity contribution in [1.82, 2.24) is 10.2 Å². The molecule has 5 heteroatoms. The monoisotopic (exact) mass is 276 g/mol. The molecule has 20 heavy (non-hydrogen) atoms. The van der Waals surface area contributed by atoms with E-state index in [1.54, 1.807) is 11.0 Å². The molecule has 1 fully saturated rings. The molecule has 2 heterocycles. The van der Waals surface area contributed by atoms with Crippen molar-refractivity contribution in [3.05, 3.63) is 23.8 Å². The fraction of sp³-hybridized carbons (Fsp3) is 0.533. The van der Waals surface area contributed by atoms with Crippen molar-refractivity contribution in [3.63, 3.8) is 0 Å². The lowest BCUT2D eigenvalue weighted by atomic mass is 10.1. The van der Waals surface area contributed by atoms with Crippen molar-refractivity contribution in [3.8, 4) is 11.5 Å². The molecular formula is C15H20N2O3. The number of hydrogen-bond acceptors (Lipinski definition) is 4. The van der Waals surface area contributed by atoms with E-state index < -0.39 is 0 Å². The van der Waals surface area contributed by atoms with Crippen LogP contribution < -0.4 is 14.8 Å². The first kappa shape index (κ1) is 13.2. The Morgan fingerprint density at radius 3 is 3.05 bits per heavy atom. The second-order valence-electron chi connectivity index (χ2n) is 5.37. The minimum atomic E-state index is -0.000694. The molecule has 1 N–H and O–H groups in total. The maximum Gasteiger partial charge on any atom is 0.257 e. The molecule has 0 radical (unpaired) electrons. The van der Waals surface area contributed by atoms with E-state index in [-0.39, 0.29) is 5.91 Å². The van der Waals surface area contributed by atoms with Crippen LogP contribution >= 0.6 is 0 Å². The molecule has 0 saturated carbocycles. The highest BCUT2D eigenvalue weighted by Gasteiger charge is 2.25. The van der Waals surface area contributed by atoms with Gasteiger partial charge in [-0.15, -0.1) is 0 Å². The third-order valence-corrected chi connectivity index (χ3v) is 3.84. The summed E-state index contributed by atoms with van der Waals surface area (Å²) in [5, 5.41) is 3.32. The molecule has 108 valence electrons. The number of benzene rings is 1. The summed E-state index contributed by atoms with van der Waals surface area (Å²) in [5.41, 5.74) is 0.593. The average molecular weight is 276 g/mol. The summed E-state index contributed by atoms with van der Waals surface area (Å²) in [6, 6.07) is 5.48. The van der Waals surface area contributed by atoms with Crippen LogP contribution in [0, 0.1) is 5.92 Å². The number of rotatable bonds is 3. The van der Waals surface area contributed by atoms with Crippen molar-refractivity contribution in [2.45, 2.75) is 6.42 Å². The van der Waals surface area contributed by atoms with Crippen LogP contribution in [0.25, 0.3) is 0 Å². The van der Waals surface area contributed by atoms with Crippen molar-refractivity contribution in [1.29, 1.82) is 0 Å². The second-order valence-corrected chi connectivity index (χ2v) is 5.37. The van der Waals surface area contributed by atoms with E-state index in [9.17, 15) is 4.79 Å². The number of hydrogen-bond donors (Lipinski definition) is 1. The number of amides is 1. The number of nitrogens with zero attached hydrogens (tertiary/aromatic N) is 1. The van der Waals surface area contributed by atoms with Gasteiger partial charge >= 0.3 is 0 Å². The number of ether oxygens (including phenoxy) is 2. The summed E-state index contributed by atoms with van der Waals surface area (Å²) in [7, 11) is 1.85. The van der Waals surface area contributed by atoms with Gasteiger partial charge in [0.1, 0.15) is 13.2 Å². The molecule has 2 aliphatic heterocycles. The fourth-order valence-corrected chi connectivity index (χ4v) is 2.79. The second kappa shape index (κ2) is 5.71. The minimum absolute atomic E-state index is 0.000694. The highest BCUT2D eigenvalue weighted by atomic mass is 16.6. The normalized spacial score (nSPS) is 20.8. The zero-order valence-electron chi connectivity index (χ0n) is 11.7. The summed E-state index contributed by atoms with van der Waals surface area (Å²) in [4.78, 5) is 14.4. The first-order valence-corrected chi connectivity index (χ1v) is 7.10. The molecule has 5 nitrogen and oxygen atoms in total. The van der Waals surface area contributed by atoms with Crippen LogP contribution in [0.5, 0.6) is 11.5 Å². The Labute approximate surface area is 118 Å². The molecule has 1 aromatic rings. The van der Waals surface area contributed by atoms with Crippen LogP contribution in [0.3, 0.4) is 0 Å². The molecule has 1 atom stereocenters. The topological polar surface area (TPSA) is 50.8 Å². The number of para-hydroxylation sites is 1. The number of fused-ring (bicyclic) bond motifs is 1. The van der Waals surface area contributed by atoms with Gasteiger partial charge in [0.2, 0.25) is 0 Å². The van der Waals surface area contributed by atoms with Gasteiger partial charge in [0, 0.05) is 13.6 Å². The first-order chi connectivity index (χ1) is 9.75. The predicted molar refractivity (Wildman–Crippen MR) is 75.4 cm³/mol. The molecule has 0 aromatic heterocycles. The summed E-state index contributed by atoms with van der Waals surface area (Å²) in [6.45, 7) is 3.84. The van der Waals surface area contributed by atoms with Crippen LogP contribution in [-0.2, 0) is 0 Å². The van der Waals surface area contributed by atoms with Gasteiger partial charge in [-0.2, -0.15) is 0 Å². The van der Waals surface area contributed by atoms with Crippen molar-refractivity contribution < 1.29 is 14.3 Å². The van der Waals surface area contributed by atoms with Gasteiger partial charge in [-0.1, -0.05) is 6.07 Å². The lowest BCUT2D eigenvalue weighted by molar-refractivity contribution is 0.0765. The van der Waals surface area contributed by atoms with Gasteiger partial charge in [-0.3, -0.25) is 4.79 Å². The highest BCUT2D eigenvalue weighted by molar-refractivity contribution is 5.97. The summed E-state index contributed by atoms with van der Waals surface area (Å²) >= 11 is 0. The molecule has 0 spiro atoms. The summed E-state index contributed by atoms with van der Waals surface area (Å²) < 4.78 is 11.1. The van der Waals surface area contributed by atoms with Crippen molar-refractivity contribution >= 4 is 5.91 Å². The number of nitrogens with one attached hydrogen (secondary N) is 1. The third kappa shape index (κ3) is 2.58. The zero-order valence-corrected chi connectivity index (χ0v) is 11.7. The van der Waals surface area contributed by atoms with Gasteiger partial charge < -0.3 is 19.7 Å². The number of carbonyl (C=O) groups excluding carboxylic acids is 1. The Hall–Kier alpha value is -1.75. The molecule has 3 rings (SSSR count). The highest BCUT2D eigenvalue weighted by Crippen LogP contribution is 2.34. The van der Waals surface area contributed by atoms with E-state index in [4.69, 9.17) is 9.47 Å². The van der Waals surface area contributed by atoms with Gasteiger partial charge in [-0.25, -0.2) is 0 Å². The van der Waals surface area contributed by atoms with E-state index >= 15 is 0 Å². The molecule has 0 unspecified atom stereocenters. The van der Waals surface area contributed by atoms with E-state index in [0.29, 0.717) is 36.2 Å². The molecule has 2 aliphatic rings. The molecule has 0 bridgehead atoms. The lowest BCUT2D eigenvalue weighted by Crippen LogP contribution is -2.33. The van der Waals surface area contributed by atoms with Crippen LogP contribution in [0.15, 0.2) is 18.2 Å². The van der Waals surface area contributed by atoms with Crippen LogP contribution in [-0.4, -0.2) is 50.7 Å². The van der Waals surface area contributed by atoms with Gasteiger partial charge in [0.05, 0.1) is 5.56 Å². The third-order valence-electron chi connectivity index (χ3n) is 3.84. The van der Waals surface area contributed by atoms with Gasteiger partial charge in [0.25, 0.3) is 5.91 Å². The SMILES string of the molecule is CN(C[C@H]1CCNC1)C(=O)c1cccc2c1OCCO2. The quantitative estimate of drug-likeness (QED) is 0.899. The van der Waals surface area contributed by atoms with Crippen LogP contribution in [0.1, 0.15) is 16.8 Å². The maximum absolute atomic E-state index is 12.6. The van der Waals surface area contributed by atoms with Crippen molar-refractivity contribution in [2.75, 3.05) is 39.9 Å². The molecule has 1 saturated heterocycles. The zero-order chi connectivity index (χ0) is 13.9. The fourth-order valence-electron chi connectivity index (χ4n) is 2.79. The molecule has 1 aromatic carbocycles. The molecule has 1 amide bonds. The van der Waals surface area contributed by atoms with E-state index in [1.807, 2.05) is 19.2 Å². The standard InChI is InChI=1S/C15H20N2O3/c1-17(10-11-5-6-16-9-11)15(18)12-3-2-4-13-14(12)20-8-7-19-13/h2-4,11,16H,5-10H2,1H3/t11-/m0/s1. The first-order valence-electron chi connectivity index (χ1n) is 7.10. The van der Waals surface area contributed by atoms with Crippen LogP contribution in [0.2, 0.25) is 0 Å². The molecular weight excluding hydrogens is 256 g/mol. The lowest BCUT2D eigenvalue weighted by Gasteiger charge is -2.24.